The van der Waals surface area contributed by atoms with E-state index in [1.807, 2.05) is 24.3 Å². The Kier molecular flexibility index (Phi) is 5.01. The number of alkyl halides is 1. The molecule has 0 saturated heterocycles. The van der Waals surface area contributed by atoms with Crippen LogP contribution in [-0.4, -0.2) is 26.2 Å². The van der Waals surface area contributed by atoms with E-state index < -0.39 is 15.4 Å². The van der Waals surface area contributed by atoms with Crippen molar-refractivity contribution in [3.05, 3.63) is 54.1 Å². The molecular formula is C18H19ClN2O3S. The summed E-state index contributed by atoms with van der Waals surface area (Å²) in [7, 11) is -3.64. The van der Waals surface area contributed by atoms with Crippen LogP contribution in [0.3, 0.4) is 0 Å². The second kappa shape index (κ2) is 7.06. The Morgan fingerprint density at radius 3 is 2.52 bits per heavy atom. The molecule has 0 fully saturated rings. The Labute approximate surface area is 152 Å². The summed E-state index contributed by atoms with van der Waals surface area (Å²) in [5.41, 5.74) is 2.29. The van der Waals surface area contributed by atoms with Gasteiger partial charge in [-0.15, -0.1) is 11.6 Å². The van der Waals surface area contributed by atoms with Crippen molar-refractivity contribution in [3.8, 4) is 0 Å². The van der Waals surface area contributed by atoms with Gasteiger partial charge in [-0.05, 0) is 55.7 Å². The van der Waals surface area contributed by atoms with E-state index in [0.717, 1.165) is 24.1 Å². The lowest BCUT2D eigenvalue weighted by molar-refractivity contribution is -0.115. The summed E-state index contributed by atoms with van der Waals surface area (Å²) in [6.07, 6.45) is 1.67. The molecule has 1 N–H and O–H groups in total. The van der Waals surface area contributed by atoms with Crippen molar-refractivity contribution in [2.75, 3.05) is 16.2 Å². The van der Waals surface area contributed by atoms with E-state index in [2.05, 4.69) is 5.32 Å². The number of carbonyl (C=O) groups excluding carboxylic acids is 1. The maximum absolute atomic E-state index is 13.0. The lowest BCUT2D eigenvalue weighted by Gasteiger charge is -2.30. The van der Waals surface area contributed by atoms with Gasteiger partial charge in [0.15, 0.2) is 0 Å². The number of aryl methyl sites for hydroxylation is 1. The Morgan fingerprint density at radius 2 is 1.84 bits per heavy atom. The maximum atomic E-state index is 13.0. The van der Waals surface area contributed by atoms with Crippen LogP contribution in [0.2, 0.25) is 0 Å². The van der Waals surface area contributed by atoms with Gasteiger partial charge >= 0.3 is 0 Å². The number of nitrogens with zero attached hydrogens (tertiary/aromatic N) is 1. The normalized spacial score (nSPS) is 15.4. The molecule has 5 nitrogen and oxygen atoms in total. The second-order valence-corrected chi connectivity index (χ2v) is 8.46. The quantitative estimate of drug-likeness (QED) is 0.829. The predicted octanol–water partition coefficient (Wildman–Crippen LogP) is 3.39. The van der Waals surface area contributed by atoms with Gasteiger partial charge in [0.2, 0.25) is 5.91 Å². The molecule has 1 heterocycles. The molecule has 1 aliphatic rings. The minimum Gasteiger partial charge on any atom is -0.325 e. The summed E-state index contributed by atoms with van der Waals surface area (Å²) in [5.74, 6) is -0.331. The monoisotopic (exact) mass is 378 g/mol. The predicted molar refractivity (Wildman–Crippen MR) is 99.7 cm³/mol. The first-order valence-corrected chi connectivity index (χ1v) is 9.93. The minimum atomic E-state index is -3.64. The summed E-state index contributed by atoms with van der Waals surface area (Å²) < 4.78 is 27.5. The molecule has 0 unspecified atom stereocenters. The first-order valence-electron chi connectivity index (χ1n) is 8.05. The van der Waals surface area contributed by atoms with Gasteiger partial charge in [0.05, 0.1) is 10.6 Å². The van der Waals surface area contributed by atoms with Gasteiger partial charge in [-0.3, -0.25) is 9.10 Å². The number of anilines is 2. The van der Waals surface area contributed by atoms with Crippen LogP contribution in [0, 0.1) is 0 Å². The molecule has 132 valence electrons. The Balaban J connectivity index is 1.88. The average molecular weight is 379 g/mol. The number of benzene rings is 2. The number of amides is 1. The van der Waals surface area contributed by atoms with Crippen LogP contribution in [0.15, 0.2) is 53.4 Å². The standard InChI is InChI=1S/C18H19ClN2O3S/c1-13(19)18(22)20-15-8-10-16(11-9-15)25(23,24)21-12-4-6-14-5-2-3-7-17(14)21/h2-3,5,7-11,13H,4,6,12H2,1H3,(H,20,22)/t13-/m1/s1. The molecule has 0 radical (unpaired) electrons. The van der Waals surface area contributed by atoms with Crippen LogP contribution in [-0.2, 0) is 21.2 Å². The van der Waals surface area contributed by atoms with E-state index in [9.17, 15) is 13.2 Å². The highest BCUT2D eigenvalue weighted by atomic mass is 35.5. The Morgan fingerprint density at radius 1 is 1.16 bits per heavy atom. The van der Waals surface area contributed by atoms with Gasteiger partial charge in [-0.1, -0.05) is 18.2 Å². The van der Waals surface area contributed by atoms with Crippen LogP contribution in [0.5, 0.6) is 0 Å². The molecule has 0 saturated carbocycles. The highest BCUT2D eigenvalue weighted by Gasteiger charge is 2.28. The molecule has 1 aliphatic heterocycles. The van der Waals surface area contributed by atoms with E-state index in [0.29, 0.717) is 12.2 Å². The number of rotatable bonds is 4. The highest BCUT2D eigenvalue weighted by molar-refractivity contribution is 7.92. The van der Waals surface area contributed by atoms with Crippen molar-refractivity contribution in [3.63, 3.8) is 0 Å². The highest BCUT2D eigenvalue weighted by Crippen LogP contribution is 2.32. The van der Waals surface area contributed by atoms with Crippen molar-refractivity contribution in [1.82, 2.24) is 0 Å². The van der Waals surface area contributed by atoms with E-state index in [1.54, 1.807) is 19.1 Å². The van der Waals surface area contributed by atoms with Gasteiger partial charge in [0.1, 0.15) is 5.38 Å². The molecule has 1 amide bonds. The molecule has 0 aromatic heterocycles. The number of hydrogen-bond acceptors (Lipinski definition) is 3. The molecule has 7 heteroatoms. The zero-order valence-corrected chi connectivity index (χ0v) is 15.3. The topological polar surface area (TPSA) is 66.5 Å². The van der Waals surface area contributed by atoms with Crippen LogP contribution >= 0.6 is 11.6 Å². The maximum Gasteiger partial charge on any atom is 0.264 e. The molecule has 2 aromatic carbocycles. The third kappa shape index (κ3) is 3.65. The summed E-state index contributed by atoms with van der Waals surface area (Å²) in [4.78, 5) is 11.8. The van der Waals surface area contributed by atoms with Crippen LogP contribution in [0.4, 0.5) is 11.4 Å². The molecule has 1 atom stereocenters. The smallest absolute Gasteiger partial charge is 0.264 e. The summed E-state index contributed by atoms with van der Waals surface area (Å²) >= 11 is 5.72. The van der Waals surface area contributed by atoms with E-state index in [-0.39, 0.29) is 10.8 Å². The number of sulfonamides is 1. The average Bonchev–Trinajstić information content (AvgIpc) is 2.61. The first kappa shape index (κ1) is 17.8. The third-order valence-electron chi connectivity index (χ3n) is 4.14. The number of para-hydroxylation sites is 1. The Bertz CT molecular complexity index is 879. The van der Waals surface area contributed by atoms with E-state index in [4.69, 9.17) is 11.6 Å². The number of carbonyl (C=O) groups is 1. The molecule has 3 rings (SSSR count). The van der Waals surface area contributed by atoms with Gasteiger partial charge < -0.3 is 5.32 Å². The van der Waals surface area contributed by atoms with Crippen molar-refractivity contribution in [2.45, 2.75) is 30.0 Å². The van der Waals surface area contributed by atoms with Crippen molar-refractivity contribution in [1.29, 1.82) is 0 Å². The lowest BCUT2D eigenvalue weighted by Crippen LogP contribution is -2.35. The molecule has 2 aromatic rings. The van der Waals surface area contributed by atoms with Gasteiger partial charge in [-0.25, -0.2) is 8.42 Å². The van der Waals surface area contributed by atoms with Crippen molar-refractivity contribution >= 4 is 38.9 Å². The summed E-state index contributed by atoms with van der Waals surface area (Å²) in [6, 6.07) is 13.7. The van der Waals surface area contributed by atoms with Gasteiger partial charge in [0, 0.05) is 12.2 Å². The fourth-order valence-electron chi connectivity index (χ4n) is 2.83. The van der Waals surface area contributed by atoms with Crippen LogP contribution in [0.25, 0.3) is 0 Å². The summed E-state index contributed by atoms with van der Waals surface area (Å²) in [5, 5.41) is 1.98. The fourth-order valence-corrected chi connectivity index (χ4v) is 4.42. The van der Waals surface area contributed by atoms with E-state index in [1.165, 1.54) is 16.4 Å². The van der Waals surface area contributed by atoms with Crippen molar-refractivity contribution < 1.29 is 13.2 Å². The zero-order valence-electron chi connectivity index (χ0n) is 13.8. The second-order valence-electron chi connectivity index (χ2n) is 5.94. The van der Waals surface area contributed by atoms with Crippen LogP contribution < -0.4 is 9.62 Å². The fraction of sp³-hybridized carbons (Fsp3) is 0.278. The SMILES string of the molecule is C[C@@H](Cl)C(=O)Nc1ccc(S(=O)(=O)N2CCCc3ccccc32)cc1. The Hall–Kier alpha value is -2.05. The molecule has 0 spiro atoms. The zero-order chi connectivity index (χ0) is 18.0. The molecular weight excluding hydrogens is 360 g/mol. The number of halogens is 1. The minimum absolute atomic E-state index is 0.195. The third-order valence-corrected chi connectivity index (χ3v) is 6.16. The number of nitrogens with one attached hydrogen (secondary N) is 1. The number of hydrogen-bond donors (Lipinski definition) is 1. The van der Waals surface area contributed by atoms with Crippen molar-refractivity contribution in [2.24, 2.45) is 0 Å². The molecule has 0 aliphatic carbocycles. The van der Waals surface area contributed by atoms with Gasteiger partial charge in [-0.2, -0.15) is 0 Å². The first-order chi connectivity index (χ1) is 11.9. The largest absolute Gasteiger partial charge is 0.325 e. The van der Waals surface area contributed by atoms with Crippen LogP contribution in [0.1, 0.15) is 18.9 Å². The van der Waals surface area contributed by atoms with Gasteiger partial charge in [0.25, 0.3) is 10.0 Å². The number of fused-ring (bicyclic) bond motifs is 1. The van der Waals surface area contributed by atoms with E-state index >= 15 is 0 Å². The lowest BCUT2D eigenvalue weighted by atomic mass is 10.0. The summed E-state index contributed by atoms with van der Waals surface area (Å²) in [6.45, 7) is 2.03. The molecule has 0 bridgehead atoms. The molecule has 25 heavy (non-hydrogen) atoms.